The van der Waals surface area contributed by atoms with Crippen molar-refractivity contribution in [1.29, 1.82) is 0 Å². The number of amides is 1. The smallest absolute Gasteiger partial charge is 0.227 e. The van der Waals surface area contributed by atoms with Crippen LogP contribution < -0.4 is 11.1 Å². The summed E-state index contributed by atoms with van der Waals surface area (Å²) in [5, 5.41) is 13.2. The number of benzene rings is 3. The van der Waals surface area contributed by atoms with Crippen LogP contribution in [0.4, 0.5) is 5.82 Å². The standard InChI is InChI=1S/C31H34N4O2/c1-2-35(22-25-9-6-10-26(18-25)27-13-16-30(32)34-21-27)31(37)28(17-23-11-14-29(36)15-12-23)20-33-19-24-7-4-3-5-8-24/h3-16,18,21,28,33,36H,2,17,19-20,22H2,1H3,(H2,32,34). The van der Waals surface area contributed by atoms with Crippen molar-refractivity contribution < 1.29 is 9.90 Å². The van der Waals surface area contributed by atoms with Gasteiger partial charge in [-0.25, -0.2) is 4.98 Å². The van der Waals surface area contributed by atoms with Gasteiger partial charge in [-0.1, -0.05) is 60.7 Å². The van der Waals surface area contributed by atoms with E-state index in [9.17, 15) is 9.90 Å². The minimum Gasteiger partial charge on any atom is -0.508 e. The molecule has 0 bridgehead atoms. The van der Waals surface area contributed by atoms with E-state index < -0.39 is 0 Å². The Morgan fingerprint density at radius 1 is 0.919 bits per heavy atom. The number of nitrogen functional groups attached to an aromatic ring is 1. The number of aromatic nitrogens is 1. The van der Waals surface area contributed by atoms with Gasteiger partial charge in [0, 0.05) is 37.9 Å². The third-order valence-electron chi connectivity index (χ3n) is 6.44. The Labute approximate surface area is 218 Å². The zero-order chi connectivity index (χ0) is 26.0. The van der Waals surface area contributed by atoms with E-state index in [1.807, 2.05) is 66.4 Å². The molecule has 1 unspecified atom stereocenters. The van der Waals surface area contributed by atoms with Crippen LogP contribution in [-0.2, 0) is 24.3 Å². The molecule has 0 aliphatic heterocycles. The molecule has 0 saturated carbocycles. The van der Waals surface area contributed by atoms with Gasteiger partial charge in [-0.15, -0.1) is 0 Å². The lowest BCUT2D eigenvalue weighted by Crippen LogP contribution is -2.41. The zero-order valence-electron chi connectivity index (χ0n) is 21.2. The van der Waals surface area contributed by atoms with Crippen LogP contribution in [0.5, 0.6) is 5.75 Å². The summed E-state index contributed by atoms with van der Waals surface area (Å²) in [5.74, 6) is 0.580. The fraction of sp³-hybridized carbons (Fsp3) is 0.226. The third-order valence-corrected chi connectivity index (χ3v) is 6.44. The first-order chi connectivity index (χ1) is 18.0. The number of anilines is 1. The summed E-state index contributed by atoms with van der Waals surface area (Å²) in [4.78, 5) is 19.9. The molecule has 6 nitrogen and oxygen atoms in total. The molecule has 6 heteroatoms. The number of aromatic hydroxyl groups is 1. The maximum absolute atomic E-state index is 13.8. The summed E-state index contributed by atoms with van der Waals surface area (Å²) < 4.78 is 0. The Bertz CT molecular complexity index is 1270. The second kappa shape index (κ2) is 12.7. The van der Waals surface area contributed by atoms with Crippen molar-refractivity contribution in [3.05, 3.63) is 114 Å². The zero-order valence-corrected chi connectivity index (χ0v) is 21.2. The number of phenols is 1. The molecular weight excluding hydrogens is 460 g/mol. The van der Waals surface area contributed by atoms with Crippen LogP contribution in [0.15, 0.2) is 97.2 Å². The average Bonchev–Trinajstić information content (AvgIpc) is 2.93. The van der Waals surface area contributed by atoms with Crippen LogP contribution in [0.1, 0.15) is 23.6 Å². The minimum absolute atomic E-state index is 0.107. The summed E-state index contributed by atoms with van der Waals surface area (Å²) in [6, 6.07) is 29.2. The van der Waals surface area contributed by atoms with E-state index >= 15 is 0 Å². The molecule has 1 atom stereocenters. The second-order valence-electron chi connectivity index (χ2n) is 9.21. The highest BCUT2D eigenvalue weighted by atomic mass is 16.3. The van der Waals surface area contributed by atoms with E-state index in [1.165, 1.54) is 5.56 Å². The fourth-order valence-electron chi connectivity index (χ4n) is 4.40. The number of nitrogens with zero attached hydrogens (tertiary/aromatic N) is 2. The van der Waals surface area contributed by atoms with Gasteiger partial charge in [-0.05, 0) is 65.9 Å². The van der Waals surface area contributed by atoms with Gasteiger partial charge < -0.3 is 21.1 Å². The quantitative estimate of drug-likeness (QED) is 0.272. The van der Waals surface area contributed by atoms with Crippen LogP contribution in [0.3, 0.4) is 0 Å². The summed E-state index contributed by atoms with van der Waals surface area (Å²) >= 11 is 0. The normalized spacial score (nSPS) is 11.7. The molecule has 0 aliphatic rings. The molecule has 190 valence electrons. The Kier molecular flexibility index (Phi) is 8.89. The summed E-state index contributed by atoms with van der Waals surface area (Å²) in [5.41, 5.74) is 11.0. The number of carbonyl (C=O) groups excluding carboxylic acids is 1. The maximum atomic E-state index is 13.8. The van der Waals surface area contributed by atoms with Crippen LogP contribution in [0.25, 0.3) is 11.1 Å². The van der Waals surface area contributed by atoms with Gasteiger partial charge in [0.05, 0.1) is 5.92 Å². The summed E-state index contributed by atoms with van der Waals surface area (Å²) in [6.07, 6.45) is 2.36. The molecule has 4 N–H and O–H groups in total. The van der Waals surface area contributed by atoms with Crippen molar-refractivity contribution >= 4 is 11.7 Å². The summed E-state index contributed by atoms with van der Waals surface area (Å²) in [6.45, 7) is 4.40. The maximum Gasteiger partial charge on any atom is 0.227 e. The molecule has 37 heavy (non-hydrogen) atoms. The van der Waals surface area contributed by atoms with E-state index in [1.54, 1.807) is 24.4 Å². The minimum atomic E-state index is -0.238. The molecule has 4 aromatic rings. The van der Waals surface area contributed by atoms with Crippen molar-refractivity contribution in [2.75, 3.05) is 18.8 Å². The topological polar surface area (TPSA) is 91.5 Å². The van der Waals surface area contributed by atoms with Crippen LogP contribution in [0, 0.1) is 5.92 Å². The van der Waals surface area contributed by atoms with E-state index in [4.69, 9.17) is 5.73 Å². The number of hydrogen-bond acceptors (Lipinski definition) is 5. The van der Waals surface area contributed by atoms with Crippen molar-refractivity contribution in [3.63, 3.8) is 0 Å². The van der Waals surface area contributed by atoms with Gasteiger partial charge >= 0.3 is 0 Å². The van der Waals surface area contributed by atoms with Crippen molar-refractivity contribution in [3.8, 4) is 16.9 Å². The predicted octanol–water partition coefficient (Wildman–Crippen LogP) is 5.03. The average molecular weight is 495 g/mol. The van der Waals surface area contributed by atoms with Crippen molar-refractivity contribution in [2.24, 2.45) is 5.92 Å². The molecule has 1 heterocycles. The lowest BCUT2D eigenvalue weighted by Gasteiger charge is -2.27. The van der Waals surface area contributed by atoms with Gasteiger partial charge in [0.15, 0.2) is 0 Å². The van der Waals surface area contributed by atoms with Gasteiger partial charge in [-0.2, -0.15) is 0 Å². The number of nitrogens with one attached hydrogen (secondary N) is 1. The molecule has 1 aromatic heterocycles. The first-order valence-corrected chi connectivity index (χ1v) is 12.6. The lowest BCUT2D eigenvalue weighted by molar-refractivity contribution is -0.135. The van der Waals surface area contributed by atoms with Gasteiger partial charge in [0.25, 0.3) is 0 Å². The Morgan fingerprint density at radius 2 is 1.68 bits per heavy atom. The number of rotatable bonds is 11. The molecule has 3 aromatic carbocycles. The molecule has 0 radical (unpaired) electrons. The fourth-order valence-corrected chi connectivity index (χ4v) is 4.40. The molecule has 0 fully saturated rings. The lowest BCUT2D eigenvalue weighted by atomic mass is 9.96. The summed E-state index contributed by atoms with van der Waals surface area (Å²) in [7, 11) is 0. The van der Waals surface area contributed by atoms with Gasteiger partial charge in [-0.3, -0.25) is 4.79 Å². The van der Waals surface area contributed by atoms with Crippen LogP contribution in [0.2, 0.25) is 0 Å². The van der Waals surface area contributed by atoms with E-state index in [-0.39, 0.29) is 17.6 Å². The highest BCUT2D eigenvalue weighted by molar-refractivity contribution is 5.79. The van der Waals surface area contributed by atoms with E-state index in [0.29, 0.717) is 38.4 Å². The number of hydrogen-bond donors (Lipinski definition) is 3. The number of phenolic OH excluding ortho intramolecular Hbond substituents is 1. The van der Waals surface area contributed by atoms with E-state index in [0.717, 1.165) is 22.3 Å². The van der Waals surface area contributed by atoms with Gasteiger partial charge in [0.1, 0.15) is 11.6 Å². The SMILES string of the molecule is CCN(Cc1cccc(-c2ccc(N)nc2)c1)C(=O)C(CNCc1ccccc1)Cc1ccc(O)cc1. The second-order valence-corrected chi connectivity index (χ2v) is 9.21. The molecule has 1 amide bonds. The van der Waals surface area contributed by atoms with Crippen LogP contribution >= 0.6 is 0 Å². The molecule has 0 saturated heterocycles. The number of nitrogens with two attached hydrogens (primary N) is 1. The highest BCUT2D eigenvalue weighted by Crippen LogP contribution is 2.22. The molecule has 0 spiro atoms. The monoisotopic (exact) mass is 494 g/mol. The van der Waals surface area contributed by atoms with Crippen molar-refractivity contribution in [2.45, 2.75) is 26.4 Å². The molecular formula is C31H34N4O2. The first kappa shape index (κ1) is 25.9. The highest BCUT2D eigenvalue weighted by Gasteiger charge is 2.24. The van der Waals surface area contributed by atoms with Crippen LogP contribution in [-0.4, -0.2) is 34.0 Å². The van der Waals surface area contributed by atoms with Crippen molar-refractivity contribution in [1.82, 2.24) is 15.2 Å². The van der Waals surface area contributed by atoms with E-state index in [2.05, 4.69) is 28.5 Å². The predicted molar refractivity (Wildman–Crippen MR) is 149 cm³/mol. The largest absolute Gasteiger partial charge is 0.508 e. The number of carbonyl (C=O) groups is 1. The first-order valence-electron chi connectivity index (χ1n) is 12.6. The Hall–Kier alpha value is -4.16. The number of pyridine rings is 1. The Morgan fingerprint density at radius 3 is 2.38 bits per heavy atom. The van der Waals surface area contributed by atoms with Gasteiger partial charge in [0.2, 0.25) is 5.91 Å². The Balaban J connectivity index is 1.49. The molecule has 4 rings (SSSR count). The third kappa shape index (κ3) is 7.41. The molecule has 0 aliphatic carbocycles.